The molecule has 0 amide bonds. The Morgan fingerprint density at radius 1 is 1.20 bits per heavy atom. The largest absolute Gasteiger partial charge is 0.390 e. The van der Waals surface area contributed by atoms with E-state index in [2.05, 4.69) is 15.0 Å². The Labute approximate surface area is 93.4 Å². The number of hydrogen-bond acceptors (Lipinski definition) is 6. The van der Waals surface area contributed by atoms with Crippen LogP contribution in [0.3, 0.4) is 0 Å². The van der Waals surface area contributed by atoms with Crippen LogP contribution in [0.2, 0.25) is 0 Å². The molecule has 0 aromatic carbocycles. The standard InChI is InChI=1S/C9H6N4S2/c10-6-5(1-4-14-6)8-13-7-9(15-8)12-3-2-11-7/h1-4H,10H2. The average molecular weight is 234 g/mol. The Kier molecular flexibility index (Phi) is 1.90. The van der Waals surface area contributed by atoms with Crippen molar-refractivity contribution in [3.8, 4) is 10.6 Å². The molecule has 3 rings (SSSR count). The predicted octanol–water partition coefficient (Wildman–Crippen LogP) is 2.40. The van der Waals surface area contributed by atoms with Crippen LogP contribution >= 0.6 is 22.7 Å². The third kappa shape index (κ3) is 1.38. The molecule has 2 N–H and O–H groups in total. The van der Waals surface area contributed by atoms with Crippen molar-refractivity contribution in [2.75, 3.05) is 5.73 Å². The summed E-state index contributed by atoms with van der Waals surface area (Å²) in [6.45, 7) is 0. The monoisotopic (exact) mass is 234 g/mol. The molecule has 0 aliphatic heterocycles. The van der Waals surface area contributed by atoms with Gasteiger partial charge in [-0.05, 0) is 11.4 Å². The minimum atomic E-state index is 0.683. The number of hydrogen-bond donors (Lipinski definition) is 1. The molecule has 0 spiro atoms. The van der Waals surface area contributed by atoms with E-state index >= 15 is 0 Å². The molecule has 0 saturated heterocycles. The number of aromatic nitrogens is 3. The van der Waals surface area contributed by atoms with Gasteiger partial charge in [-0.1, -0.05) is 11.3 Å². The maximum atomic E-state index is 5.84. The van der Waals surface area contributed by atoms with Crippen LogP contribution < -0.4 is 5.73 Å². The van der Waals surface area contributed by atoms with Gasteiger partial charge in [0.15, 0.2) is 10.5 Å². The summed E-state index contributed by atoms with van der Waals surface area (Å²) in [5, 5.41) is 3.63. The first-order valence-electron chi connectivity index (χ1n) is 4.25. The molecule has 0 aliphatic carbocycles. The van der Waals surface area contributed by atoms with Gasteiger partial charge in [-0.2, -0.15) is 0 Å². The summed E-state index contributed by atoms with van der Waals surface area (Å²) in [6.07, 6.45) is 3.31. The fourth-order valence-corrected chi connectivity index (χ4v) is 2.90. The van der Waals surface area contributed by atoms with Gasteiger partial charge in [-0.25, -0.2) is 15.0 Å². The number of nitrogens with zero attached hydrogens (tertiary/aromatic N) is 3. The van der Waals surface area contributed by atoms with Crippen molar-refractivity contribution in [3.63, 3.8) is 0 Å². The van der Waals surface area contributed by atoms with E-state index in [0.717, 1.165) is 20.4 Å². The topological polar surface area (TPSA) is 64.7 Å². The third-order valence-corrected chi connectivity index (χ3v) is 3.70. The molecule has 3 heterocycles. The SMILES string of the molecule is Nc1sccc1-c1nc2nccnc2s1. The van der Waals surface area contributed by atoms with E-state index in [1.54, 1.807) is 12.4 Å². The second-order valence-electron chi connectivity index (χ2n) is 2.90. The van der Waals surface area contributed by atoms with E-state index in [9.17, 15) is 0 Å². The van der Waals surface area contributed by atoms with Gasteiger partial charge in [0, 0.05) is 18.0 Å². The lowest BCUT2D eigenvalue weighted by molar-refractivity contribution is 1.26. The highest BCUT2D eigenvalue weighted by Crippen LogP contribution is 2.34. The molecule has 6 heteroatoms. The summed E-state index contributed by atoms with van der Waals surface area (Å²) in [6, 6.07) is 1.97. The average Bonchev–Trinajstić information content (AvgIpc) is 2.82. The molecular weight excluding hydrogens is 228 g/mol. The van der Waals surface area contributed by atoms with E-state index in [4.69, 9.17) is 5.73 Å². The molecular formula is C9H6N4S2. The van der Waals surface area contributed by atoms with Crippen molar-refractivity contribution in [3.05, 3.63) is 23.8 Å². The number of fused-ring (bicyclic) bond motifs is 1. The summed E-state index contributed by atoms with van der Waals surface area (Å²) in [5.41, 5.74) is 7.50. The summed E-state index contributed by atoms with van der Waals surface area (Å²) >= 11 is 3.02. The molecule has 0 fully saturated rings. The van der Waals surface area contributed by atoms with Crippen LogP contribution in [0.25, 0.3) is 21.0 Å². The number of rotatable bonds is 1. The van der Waals surface area contributed by atoms with Crippen LogP contribution in [-0.2, 0) is 0 Å². The number of anilines is 1. The highest BCUT2D eigenvalue weighted by molar-refractivity contribution is 7.22. The van der Waals surface area contributed by atoms with Gasteiger partial charge in [-0.3, -0.25) is 0 Å². The summed E-state index contributed by atoms with van der Waals surface area (Å²) in [7, 11) is 0. The lowest BCUT2D eigenvalue weighted by Gasteiger charge is -1.90. The Morgan fingerprint density at radius 3 is 2.80 bits per heavy atom. The van der Waals surface area contributed by atoms with Crippen molar-refractivity contribution in [2.24, 2.45) is 0 Å². The second kappa shape index (κ2) is 3.25. The van der Waals surface area contributed by atoms with Crippen molar-refractivity contribution in [2.45, 2.75) is 0 Å². The molecule has 3 aromatic rings. The first-order chi connectivity index (χ1) is 7.34. The smallest absolute Gasteiger partial charge is 0.190 e. The Bertz CT molecular complexity index is 580. The Hall–Kier alpha value is -1.53. The van der Waals surface area contributed by atoms with Gasteiger partial charge in [-0.15, -0.1) is 11.3 Å². The zero-order valence-electron chi connectivity index (χ0n) is 7.54. The van der Waals surface area contributed by atoms with Crippen LogP contribution in [0.5, 0.6) is 0 Å². The van der Waals surface area contributed by atoms with Crippen molar-refractivity contribution in [1.82, 2.24) is 15.0 Å². The van der Waals surface area contributed by atoms with Crippen molar-refractivity contribution in [1.29, 1.82) is 0 Å². The lowest BCUT2D eigenvalue weighted by Crippen LogP contribution is -1.82. The van der Waals surface area contributed by atoms with E-state index in [-0.39, 0.29) is 0 Å². The van der Waals surface area contributed by atoms with Crippen LogP contribution in [0, 0.1) is 0 Å². The predicted molar refractivity (Wildman–Crippen MR) is 62.9 cm³/mol. The molecule has 15 heavy (non-hydrogen) atoms. The van der Waals surface area contributed by atoms with Crippen molar-refractivity contribution >= 4 is 38.2 Å². The van der Waals surface area contributed by atoms with Gasteiger partial charge in [0.25, 0.3) is 0 Å². The molecule has 0 bridgehead atoms. The second-order valence-corrected chi connectivity index (χ2v) is 4.83. The molecule has 0 radical (unpaired) electrons. The third-order valence-electron chi connectivity index (χ3n) is 1.97. The van der Waals surface area contributed by atoms with Gasteiger partial charge in [0.2, 0.25) is 0 Å². The van der Waals surface area contributed by atoms with Gasteiger partial charge in [0.1, 0.15) is 5.01 Å². The molecule has 0 atom stereocenters. The number of thiazole rings is 1. The van der Waals surface area contributed by atoms with Gasteiger partial charge < -0.3 is 5.73 Å². The number of thiophene rings is 1. The van der Waals surface area contributed by atoms with Gasteiger partial charge in [0.05, 0.1) is 5.00 Å². The molecule has 74 valence electrons. The molecule has 0 saturated carbocycles. The summed E-state index contributed by atoms with van der Waals surface area (Å²) < 4.78 is 0. The van der Waals surface area contributed by atoms with Gasteiger partial charge >= 0.3 is 0 Å². The van der Waals surface area contributed by atoms with E-state index in [1.165, 1.54) is 22.7 Å². The van der Waals surface area contributed by atoms with Crippen LogP contribution in [-0.4, -0.2) is 15.0 Å². The quantitative estimate of drug-likeness (QED) is 0.702. The maximum absolute atomic E-state index is 5.84. The number of nitrogen functional groups attached to an aromatic ring is 1. The van der Waals surface area contributed by atoms with Crippen LogP contribution in [0.4, 0.5) is 5.00 Å². The lowest BCUT2D eigenvalue weighted by atomic mass is 10.3. The van der Waals surface area contributed by atoms with Crippen LogP contribution in [0.15, 0.2) is 23.8 Å². The first kappa shape index (κ1) is 8.75. The molecule has 0 unspecified atom stereocenters. The first-order valence-corrected chi connectivity index (χ1v) is 5.95. The fraction of sp³-hybridized carbons (Fsp3) is 0. The zero-order valence-corrected chi connectivity index (χ0v) is 9.18. The zero-order chi connectivity index (χ0) is 10.3. The fourth-order valence-electron chi connectivity index (χ4n) is 1.29. The molecule has 3 aromatic heterocycles. The molecule has 0 aliphatic rings. The van der Waals surface area contributed by atoms with E-state index in [1.807, 2.05) is 11.4 Å². The van der Waals surface area contributed by atoms with Crippen LogP contribution in [0.1, 0.15) is 0 Å². The number of nitrogens with two attached hydrogens (primary N) is 1. The highest BCUT2D eigenvalue weighted by atomic mass is 32.1. The van der Waals surface area contributed by atoms with Crippen molar-refractivity contribution < 1.29 is 0 Å². The Balaban J connectivity index is 2.24. The Morgan fingerprint density at radius 2 is 2.07 bits per heavy atom. The molecule has 4 nitrogen and oxygen atoms in total. The normalized spacial score (nSPS) is 10.9. The maximum Gasteiger partial charge on any atom is 0.190 e. The van der Waals surface area contributed by atoms with E-state index in [0.29, 0.717) is 5.65 Å². The summed E-state index contributed by atoms with van der Waals surface area (Å²) in [5.74, 6) is 0. The van der Waals surface area contributed by atoms with E-state index < -0.39 is 0 Å². The highest BCUT2D eigenvalue weighted by Gasteiger charge is 2.10. The minimum Gasteiger partial charge on any atom is -0.390 e. The summed E-state index contributed by atoms with van der Waals surface area (Å²) in [4.78, 5) is 13.6. The minimum absolute atomic E-state index is 0.683.